The van der Waals surface area contributed by atoms with Crippen LogP contribution < -0.4 is 11.1 Å². The second-order valence-corrected chi connectivity index (χ2v) is 4.44. The number of anilines is 2. The van der Waals surface area contributed by atoms with Crippen molar-refractivity contribution in [3.05, 3.63) is 17.8 Å². The van der Waals surface area contributed by atoms with Crippen LogP contribution in [0, 0.1) is 6.92 Å². The molecule has 3 N–H and O–H groups in total. The molecule has 1 heterocycles. The van der Waals surface area contributed by atoms with E-state index < -0.39 is 0 Å². The maximum Gasteiger partial charge on any atom is 0.149 e. The van der Waals surface area contributed by atoms with E-state index in [1.165, 1.54) is 0 Å². The van der Waals surface area contributed by atoms with Crippen molar-refractivity contribution in [2.75, 3.05) is 24.2 Å². The Morgan fingerprint density at radius 1 is 1.41 bits per heavy atom. The summed E-state index contributed by atoms with van der Waals surface area (Å²) in [4.78, 5) is 4.22. The molecule has 4 heteroatoms. The SMILES string of the molecule is Cc1ccnc(NCCCCOC(C)C)c1N. The number of hydrogen-bond donors (Lipinski definition) is 2. The summed E-state index contributed by atoms with van der Waals surface area (Å²) in [6.45, 7) is 7.78. The van der Waals surface area contributed by atoms with Crippen LogP contribution >= 0.6 is 0 Å². The third kappa shape index (κ3) is 5.04. The minimum absolute atomic E-state index is 0.317. The fraction of sp³-hybridized carbons (Fsp3) is 0.615. The summed E-state index contributed by atoms with van der Waals surface area (Å²) < 4.78 is 5.47. The van der Waals surface area contributed by atoms with Crippen LogP contribution in [0.5, 0.6) is 0 Å². The van der Waals surface area contributed by atoms with Crippen LogP contribution in [0.1, 0.15) is 32.3 Å². The van der Waals surface area contributed by atoms with Crippen molar-refractivity contribution >= 4 is 11.5 Å². The molecule has 0 amide bonds. The van der Waals surface area contributed by atoms with Gasteiger partial charge in [-0.25, -0.2) is 4.98 Å². The topological polar surface area (TPSA) is 60.2 Å². The molecule has 96 valence electrons. The van der Waals surface area contributed by atoms with Gasteiger partial charge < -0.3 is 15.8 Å². The molecule has 1 aromatic rings. The summed E-state index contributed by atoms with van der Waals surface area (Å²) in [5, 5.41) is 3.25. The molecular formula is C13H23N3O. The number of unbranched alkanes of at least 4 members (excludes halogenated alkanes) is 1. The van der Waals surface area contributed by atoms with Crippen LogP contribution in [-0.2, 0) is 4.74 Å². The van der Waals surface area contributed by atoms with E-state index in [4.69, 9.17) is 10.5 Å². The van der Waals surface area contributed by atoms with Crippen molar-refractivity contribution < 1.29 is 4.74 Å². The minimum Gasteiger partial charge on any atom is -0.396 e. The minimum atomic E-state index is 0.317. The number of nitrogens with zero attached hydrogens (tertiary/aromatic N) is 1. The Hall–Kier alpha value is -1.29. The Labute approximate surface area is 104 Å². The normalized spacial score (nSPS) is 10.8. The Morgan fingerprint density at radius 2 is 2.18 bits per heavy atom. The number of nitrogen functional groups attached to an aromatic ring is 1. The monoisotopic (exact) mass is 237 g/mol. The van der Waals surface area contributed by atoms with Crippen molar-refractivity contribution in [3.63, 3.8) is 0 Å². The highest BCUT2D eigenvalue weighted by molar-refractivity contribution is 5.64. The van der Waals surface area contributed by atoms with Gasteiger partial charge in [0.1, 0.15) is 5.82 Å². The van der Waals surface area contributed by atoms with Gasteiger partial charge in [0, 0.05) is 19.3 Å². The highest BCUT2D eigenvalue weighted by Crippen LogP contribution is 2.18. The van der Waals surface area contributed by atoms with Gasteiger partial charge in [-0.05, 0) is 45.2 Å². The van der Waals surface area contributed by atoms with E-state index >= 15 is 0 Å². The van der Waals surface area contributed by atoms with E-state index in [2.05, 4.69) is 24.1 Å². The van der Waals surface area contributed by atoms with Crippen molar-refractivity contribution in [1.82, 2.24) is 4.98 Å². The molecule has 0 bridgehead atoms. The number of pyridine rings is 1. The van der Waals surface area contributed by atoms with Gasteiger partial charge in [-0.15, -0.1) is 0 Å². The summed E-state index contributed by atoms with van der Waals surface area (Å²) in [5.74, 6) is 0.787. The van der Waals surface area contributed by atoms with Gasteiger partial charge in [0.2, 0.25) is 0 Å². The van der Waals surface area contributed by atoms with Crippen LogP contribution in [0.2, 0.25) is 0 Å². The molecule has 0 radical (unpaired) electrons. The quantitative estimate of drug-likeness (QED) is 0.716. The molecule has 0 unspecified atom stereocenters. The molecule has 0 spiro atoms. The molecule has 17 heavy (non-hydrogen) atoms. The number of nitrogens with one attached hydrogen (secondary N) is 1. The molecule has 0 saturated heterocycles. The van der Waals surface area contributed by atoms with Crippen molar-refractivity contribution in [3.8, 4) is 0 Å². The molecule has 0 aliphatic rings. The first-order chi connectivity index (χ1) is 8.11. The molecule has 0 aromatic carbocycles. The molecule has 0 saturated carbocycles. The van der Waals surface area contributed by atoms with E-state index in [1.807, 2.05) is 13.0 Å². The van der Waals surface area contributed by atoms with Gasteiger partial charge in [-0.2, -0.15) is 0 Å². The average molecular weight is 237 g/mol. The summed E-state index contributed by atoms with van der Waals surface area (Å²) in [7, 11) is 0. The van der Waals surface area contributed by atoms with Crippen LogP contribution in [0.3, 0.4) is 0 Å². The summed E-state index contributed by atoms with van der Waals surface area (Å²) in [6, 6.07) is 1.91. The lowest BCUT2D eigenvalue weighted by molar-refractivity contribution is 0.0765. The number of rotatable bonds is 7. The van der Waals surface area contributed by atoms with Crippen molar-refractivity contribution in [2.24, 2.45) is 0 Å². The second kappa shape index (κ2) is 7.12. The summed E-state index contributed by atoms with van der Waals surface area (Å²) >= 11 is 0. The van der Waals surface area contributed by atoms with Gasteiger partial charge in [-0.1, -0.05) is 0 Å². The average Bonchev–Trinajstić information content (AvgIpc) is 2.28. The zero-order valence-corrected chi connectivity index (χ0v) is 11.0. The Morgan fingerprint density at radius 3 is 2.88 bits per heavy atom. The van der Waals surface area contributed by atoms with Crippen LogP contribution in [0.4, 0.5) is 11.5 Å². The highest BCUT2D eigenvalue weighted by atomic mass is 16.5. The first-order valence-corrected chi connectivity index (χ1v) is 6.18. The maximum absolute atomic E-state index is 5.91. The Kier molecular flexibility index (Phi) is 5.77. The summed E-state index contributed by atoms with van der Waals surface area (Å²) in [5.41, 5.74) is 7.72. The van der Waals surface area contributed by atoms with E-state index in [0.29, 0.717) is 6.10 Å². The van der Waals surface area contributed by atoms with Crippen LogP contribution in [0.25, 0.3) is 0 Å². The zero-order chi connectivity index (χ0) is 12.7. The highest BCUT2D eigenvalue weighted by Gasteiger charge is 2.01. The predicted octanol–water partition coefficient (Wildman–Crippen LogP) is 2.59. The van der Waals surface area contributed by atoms with Gasteiger partial charge >= 0.3 is 0 Å². The standard InChI is InChI=1S/C13H23N3O/c1-10(2)17-9-5-4-7-15-13-12(14)11(3)6-8-16-13/h6,8,10H,4-5,7,9,14H2,1-3H3,(H,15,16). The van der Waals surface area contributed by atoms with E-state index in [1.54, 1.807) is 6.20 Å². The summed E-state index contributed by atoms with van der Waals surface area (Å²) in [6.07, 6.45) is 4.20. The smallest absolute Gasteiger partial charge is 0.149 e. The lowest BCUT2D eigenvalue weighted by Gasteiger charge is -2.10. The number of nitrogens with two attached hydrogens (primary N) is 1. The van der Waals surface area contributed by atoms with Crippen molar-refractivity contribution in [1.29, 1.82) is 0 Å². The Balaban J connectivity index is 2.20. The first kappa shape index (κ1) is 13.8. The predicted molar refractivity (Wildman–Crippen MR) is 72.2 cm³/mol. The lowest BCUT2D eigenvalue weighted by Crippen LogP contribution is -2.09. The largest absolute Gasteiger partial charge is 0.396 e. The molecule has 1 rings (SSSR count). The molecule has 4 nitrogen and oxygen atoms in total. The number of ether oxygens (including phenoxy) is 1. The van der Waals surface area contributed by atoms with E-state index in [-0.39, 0.29) is 0 Å². The number of aromatic nitrogens is 1. The maximum atomic E-state index is 5.91. The molecule has 0 atom stereocenters. The molecular weight excluding hydrogens is 214 g/mol. The molecule has 1 aromatic heterocycles. The molecule has 0 aliphatic carbocycles. The lowest BCUT2D eigenvalue weighted by atomic mass is 10.2. The Bertz CT molecular complexity index is 339. The third-order valence-electron chi connectivity index (χ3n) is 2.52. The van der Waals surface area contributed by atoms with Gasteiger partial charge in [-0.3, -0.25) is 0 Å². The van der Waals surface area contributed by atoms with Crippen LogP contribution in [-0.4, -0.2) is 24.2 Å². The number of aryl methyl sites for hydroxylation is 1. The van der Waals surface area contributed by atoms with Gasteiger partial charge in [0.05, 0.1) is 11.8 Å². The van der Waals surface area contributed by atoms with E-state index in [0.717, 1.165) is 43.1 Å². The van der Waals surface area contributed by atoms with Gasteiger partial charge in [0.25, 0.3) is 0 Å². The fourth-order valence-electron chi connectivity index (χ4n) is 1.46. The third-order valence-corrected chi connectivity index (χ3v) is 2.52. The van der Waals surface area contributed by atoms with Crippen molar-refractivity contribution in [2.45, 2.75) is 39.7 Å². The molecule has 0 aliphatic heterocycles. The van der Waals surface area contributed by atoms with E-state index in [9.17, 15) is 0 Å². The number of hydrogen-bond acceptors (Lipinski definition) is 4. The van der Waals surface area contributed by atoms with Gasteiger partial charge in [0.15, 0.2) is 0 Å². The fourth-order valence-corrected chi connectivity index (χ4v) is 1.46. The van der Waals surface area contributed by atoms with Crippen LogP contribution in [0.15, 0.2) is 12.3 Å². The second-order valence-electron chi connectivity index (χ2n) is 4.44. The zero-order valence-electron chi connectivity index (χ0n) is 11.0. The first-order valence-electron chi connectivity index (χ1n) is 6.18. The molecule has 0 fully saturated rings.